The maximum atomic E-state index is 6.35. The highest BCUT2D eigenvalue weighted by molar-refractivity contribution is 6.33. The Labute approximate surface area is 144 Å². The predicted molar refractivity (Wildman–Crippen MR) is 95.7 cm³/mol. The SMILES string of the molecule is CCc1nc(-c2cnc(Nc3ccc(Cl)cc3)c(Cl)c2)[nH]c1C. The van der Waals surface area contributed by atoms with Crippen molar-refractivity contribution >= 4 is 34.7 Å². The van der Waals surface area contributed by atoms with E-state index in [0.717, 1.165) is 34.9 Å². The number of nitrogens with one attached hydrogen (secondary N) is 2. The average molecular weight is 347 g/mol. The van der Waals surface area contributed by atoms with Crippen molar-refractivity contribution < 1.29 is 0 Å². The second kappa shape index (κ2) is 6.60. The lowest BCUT2D eigenvalue weighted by molar-refractivity contribution is 1.04. The van der Waals surface area contributed by atoms with Gasteiger partial charge in [-0.25, -0.2) is 9.97 Å². The lowest BCUT2D eigenvalue weighted by Gasteiger charge is -2.08. The molecule has 0 amide bonds. The van der Waals surface area contributed by atoms with E-state index in [9.17, 15) is 0 Å². The molecule has 0 bridgehead atoms. The van der Waals surface area contributed by atoms with Crippen molar-refractivity contribution in [2.45, 2.75) is 20.3 Å². The molecule has 1 aromatic carbocycles. The summed E-state index contributed by atoms with van der Waals surface area (Å²) in [5.74, 6) is 1.38. The van der Waals surface area contributed by atoms with Crippen LogP contribution in [0, 0.1) is 6.92 Å². The van der Waals surface area contributed by atoms with Gasteiger partial charge in [-0.15, -0.1) is 0 Å². The molecule has 6 heteroatoms. The van der Waals surface area contributed by atoms with Gasteiger partial charge in [0.15, 0.2) is 0 Å². The van der Waals surface area contributed by atoms with Crippen LogP contribution in [0.15, 0.2) is 36.5 Å². The van der Waals surface area contributed by atoms with Gasteiger partial charge in [-0.3, -0.25) is 0 Å². The average Bonchev–Trinajstić information content (AvgIpc) is 2.92. The molecule has 4 nitrogen and oxygen atoms in total. The summed E-state index contributed by atoms with van der Waals surface area (Å²) >= 11 is 12.2. The summed E-state index contributed by atoms with van der Waals surface area (Å²) in [5, 5.41) is 4.39. The van der Waals surface area contributed by atoms with Crippen LogP contribution in [0.2, 0.25) is 10.0 Å². The summed E-state index contributed by atoms with van der Waals surface area (Å²) in [4.78, 5) is 12.2. The molecular formula is C17H16Cl2N4. The smallest absolute Gasteiger partial charge is 0.149 e. The third-order valence-electron chi connectivity index (χ3n) is 3.54. The first kappa shape index (κ1) is 15.8. The lowest BCUT2D eigenvalue weighted by Crippen LogP contribution is -1.95. The van der Waals surface area contributed by atoms with Gasteiger partial charge in [0.2, 0.25) is 0 Å². The molecule has 0 radical (unpaired) electrons. The Balaban J connectivity index is 1.86. The number of halogens is 2. The van der Waals surface area contributed by atoms with Crippen molar-refractivity contribution in [3.63, 3.8) is 0 Å². The minimum absolute atomic E-state index is 0.532. The van der Waals surface area contributed by atoms with Crippen LogP contribution in [0.5, 0.6) is 0 Å². The van der Waals surface area contributed by atoms with Gasteiger partial charge in [-0.2, -0.15) is 0 Å². The van der Waals surface area contributed by atoms with E-state index in [2.05, 4.69) is 27.2 Å². The van der Waals surface area contributed by atoms with E-state index < -0.39 is 0 Å². The van der Waals surface area contributed by atoms with Gasteiger partial charge < -0.3 is 10.3 Å². The normalized spacial score (nSPS) is 10.8. The van der Waals surface area contributed by atoms with Gasteiger partial charge in [-0.05, 0) is 43.7 Å². The van der Waals surface area contributed by atoms with Crippen LogP contribution in [-0.2, 0) is 6.42 Å². The van der Waals surface area contributed by atoms with Crippen molar-refractivity contribution in [3.8, 4) is 11.4 Å². The Morgan fingerprint density at radius 3 is 2.52 bits per heavy atom. The Morgan fingerprint density at radius 2 is 1.91 bits per heavy atom. The molecule has 2 aromatic heterocycles. The zero-order valence-corrected chi connectivity index (χ0v) is 14.3. The highest BCUT2D eigenvalue weighted by Gasteiger charge is 2.10. The van der Waals surface area contributed by atoms with Crippen molar-refractivity contribution in [1.82, 2.24) is 15.0 Å². The van der Waals surface area contributed by atoms with Gasteiger partial charge in [0.25, 0.3) is 0 Å². The maximum Gasteiger partial charge on any atom is 0.149 e. The number of rotatable bonds is 4. The number of aromatic amines is 1. The van der Waals surface area contributed by atoms with E-state index in [0.29, 0.717) is 15.9 Å². The first-order valence-corrected chi connectivity index (χ1v) is 8.06. The van der Waals surface area contributed by atoms with Crippen molar-refractivity contribution in [2.24, 2.45) is 0 Å². The first-order valence-electron chi connectivity index (χ1n) is 7.31. The molecule has 0 saturated heterocycles. The van der Waals surface area contributed by atoms with Gasteiger partial charge in [-0.1, -0.05) is 30.1 Å². The predicted octanol–water partition coefficient (Wildman–Crippen LogP) is 5.39. The summed E-state index contributed by atoms with van der Waals surface area (Å²) in [7, 11) is 0. The molecule has 2 N–H and O–H groups in total. The molecule has 0 spiro atoms. The van der Waals surface area contributed by atoms with Gasteiger partial charge >= 0.3 is 0 Å². The molecule has 3 aromatic rings. The lowest BCUT2D eigenvalue weighted by atomic mass is 10.2. The number of aromatic nitrogens is 3. The largest absolute Gasteiger partial charge is 0.342 e. The summed E-state index contributed by atoms with van der Waals surface area (Å²) in [6, 6.07) is 9.22. The minimum atomic E-state index is 0.532. The van der Waals surface area contributed by atoms with Crippen molar-refractivity contribution in [2.75, 3.05) is 5.32 Å². The zero-order chi connectivity index (χ0) is 16.4. The van der Waals surface area contributed by atoms with Gasteiger partial charge in [0, 0.05) is 28.2 Å². The number of aryl methyl sites for hydroxylation is 2. The van der Waals surface area contributed by atoms with E-state index >= 15 is 0 Å². The van der Waals surface area contributed by atoms with Crippen molar-refractivity contribution in [3.05, 3.63) is 58.0 Å². The molecular weight excluding hydrogens is 331 g/mol. The monoisotopic (exact) mass is 346 g/mol. The number of H-pyrrole nitrogens is 1. The topological polar surface area (TPSA) is 53.6 Å². The molecule has 0 atom stereocenters. The first-order chi connectivity index (χ1) is 11.1. The molecule has 23 heavy (non-hydrogen) atoms. The molecule has 3 rings (SSSR count). The second-order valence-electron chi connectivity index (χ2n) is 5.20. The van der Waals surface area contributed by atoms with Gasteiger partial charge in [0.1, 0.15) is 11.6 Å². The standard InChI is InChI=1S/C17H16Cl2N4/c1-3-15-10(2)21-16(23-15)11-8-14(19)17(20-9-11)22-13-6-4-12(18)5-7-13/h4-9H,3H2,1-2H3,(H,20,22)(H,21,23). The summed E-state index contributed by atoms with van der Waals surface area (Å²) < 4.78 is 0. The van der Waals surface area contributed by atoms with E-state index in [4.69, 9.17) is 23.2 Å². The minimum Gasteiger partial charge on any atom is -0.342 e. The number of imidazole rings is 1. The molecule has 2 heterocycles. The molecule has 0 aliphatic carbocycles. The highest BCUT2D eigenvalue weighted by atomic mass is 35.5. The van der Waals surface area contributed by atoms with Crippen molar-refractivity contribution in [1.29, 1.82) is 0 Å². The molecule has 0 aliphatic rings. The fourth-order valence-corrected chi connectivity index (χ4v) is 2.65. The summed E-state index contributed by atoms with van der Waals surface area (Å²) in [5.41, 5.74) is 3.86. The van der Waals surface area contributed by atoms with E-state index in [1.165, 1.54) is 0 Å². The number of hydrogen-bond donors (Lipinski definition) is 2. The number of nitrogens with zero attached hydrogens (tertiary/aromatic N) is 2. The maximum absolute atomic E-state index is 6.35. The molecule has 0 saturated carbocycles. The fourth-order valence-electron chi connectivity index (χ4n) is 2.31. The van der Waals surface area contributed by atoms with Gasteiger partial charge in [0.05, 0.1) is 10.7 Å². The van der Waals surface area contributed by atoms with Crippen LogP contribution >= 0.6 is 23.2 Å². The molecule has 0 aliphatic heterocycles. The number of pyridine rings is 1. The zero-order valence-electron chi connectivity index (χ0n) is 12.8. The third kappa shape index (κ3) is 3.49. The quantitative estimate of drug-likeness (QED) is 0.665. The number of benzene rings is 1. The summed E-state index contributed by atoms with van der Waals surface area (Å²) in [6.45, 7) is 4.10. The van der Waals surface area contributed by atoms with Crippen LogP contribution in [0.1, 0.15) is 18.3 Å². The number of hydrogen-bond acceptors (Lipinski definition) is 3. The van der Waals surface area contributed by atoms with Crippen LogP contribution < -0.4 is 5.32 Å². The Kier molecular flexibility index (Phi) is 4.55. The fraction of sp³-hybridized carbons (Fsp3) is 0.176. The van der Waals surface area contributed by atoms with E-state index in [1.807, 2.05) is 37.3 Å². The summed E-state index contributed by atoms with van der Waals surface area (Å²) in [6.07, 6.45) is 2.64. The van der Waals surface area contributed by atoms with Crippen LogP contribution in [-0.4, -0.2) is 15.0 Å². The Hall–Kier alpha value is -2.04. The highest BCUT2D eigenvalue weighted by Crippen LogP contribution is 2.28. The van der Waals surface area contributed by atoms with E-state index in [1.54, 1.807) is 6.20 Å². The second-order valence-corrected chi connectivity index (χ2v) is 6.04. The Bertz CT molecular complexity index is 825. The molecule has 0 fully saturated rings. The number of anilines is 2. The molecule has 118 valence electrons. The van der Waals surface area contributed by atoms with E-state index in [-0.39, 0.29) is 0 Å². The van der Waals surface area contributed by atoms with Crippen LogP contribution in [0.4, 0.5) is 11.5 Å². The molecule has 0 unspecified atom stereocenters. The Morgan fingerprint density at radius 1 is 1.17 bits per heavy atom. The van der Waals surface area contributed by atoms with Crippen LogP contribution in [0.3, 0.4) is 0 Å². The third-order valence-corrected chi connectivity index (χ3v) is 4.08. The van der Waals surface area contributed by atoms with Crippen LogP contribution in [0.25, 0.3) is 11.4 Å².